The van der Waals surface area contributed by atoms with E-state index in [0.717, 1.165) is 0 Å². The largest absolute Gasteiger partial charge is 0.414 e. The Morgan fingerprint density at radius 2 is 1.12 bits per heavy atom. The lowest BCUT2D eigenvalue weighted by molar-refractivity contribution is -0.0514. The number of aliphatic hydroxyl groups is 1. The van der Waals surface area contributed by atoms with Crippen molar-refractivity contribution in [2.75, 3.05) is 6.61 Å². The van der Waals surface area contributed by atoms with Crippen molar-refractivity contribution in [3.05, 3.63) is 100 Å². The molecule has 2 aromatic carbocycles. The molecule has 0 amide bonds. The highest BCUT2D eigenvalue weighted by Gasteiger charge is 2.55. The molecule has 1 aliphatic heterocycles. The third-order valence-corrected chi connectivity index (χ3v) is 27.4. The van der Waals surface area contributed by atoms with Gasteiger partial charge in [0.05, 0.1) is 32.3 Å². The maximum Gasteiger partial charge on any atom is 0.330 e. The zero-order valence-corrected chi connectivity index (χ0v) is 41.4. The van der Waals surface area contributed by atoms with E-state index in [2.05, 4.69) is 107 Å². The second-order valence-electron chi connectivity index (χ2n) is 19.5. The topological polar surface area (TPSA) is 112 Å². The fraction of sp³-hybridized carbons (Fsp3) is 0.600. The van der Waals surface area contributed by atoms with Crippen LogP contribution in [0.25, 0.3) is 0 Å². The summed E-state index contributed by atoms with van der Waals surface area (Å²) in [4.78, 5) is 30.7. The number of rotatable bonds is 11. The molecule has 1 fully saturated rings. The Morgan fingerprint density at radius 3 is 1.54 bits per heavy atom. The Labute approximate surface area is 355 Å². The Hall–Kier alpha value is -1.27. The SMILES string of the molecule is CC(C)(C)[Si](C)(C)OC[C@H]1O[C@@H](n2cc(C(O)(c3ccc(Cl)c(Cl)c3)c3ccc(Cl)c(Cl)c3)c(=O)[nH]c2=O)[C@H](O[Si](C)(C)C(C)(C)C)[C@@H]1O[Si](C)(C)C(C)(C)C. The number of nitrogens with one attached hydrogen (secondary N) is 1. The summed E-state index contributed by atoms with van der Waals surface area (Å²) in [5.41, 5.74) is -3.61. The molecule has 2 heterocycles. The molecule has 0 unspecified atom stereocenters. The number of hydrogen-bond donors (Lipinski definition) is 2. The fourth-order valence-corrected chi connectivity index (χ4v) is 9.94. The highest BCUT2D eigenvalue weighted by molar-refractivity contribution is 6.75. The van der Waals surface area contributed by atoms with Crippen molar-refractivity contribution >= 4 is 71.4 Å². The van der Waals surface area contributed by atoms with E-state index in [0.29, 0.717) is 0 Å². The first-order valence-electron chi connectivity index (χ1n) is 18.9. The van der Waals surface area contributed by atoms with Crippen LogP contribution in [0.2, 0.25) is 74.5 Å². The van der Waals surface area contributed by atoms with Gasteiger partial charge in [-0.05, 0) is 89.8 Å². The first-order valence-corrected chi connectivity index (χ1v) is 29.1. The number of aromatic amines is 1. The summed E-state index contributed by atoms with van der Waals surface area (Å²) >= 11 is 25.6. The maximum absolute atomic E-state index is 14.2. The van der Waals surface area contributed by atoms with Crippen molar-refractivity contribution in [3.8, 4) is 0 Å². The summed E-state index contributed by atoms with van der Waals surface area (Å²) < 4.78 is 29.5. The Balaban J connectivity index is 2.04. The van der Waals surface area contributed by atoms with Gasteiger partial charge in [0.2, 0.25) is 0 Å². The van der Waals surface area contributed by atoms with Crippen molar-refractivity contribution in [1.29, 1.82) is 0 Å². The van der Waals surface area contributed by atoms with Gasteiger partial charge in [-0.1, -0.05) is 121 Å². The fourth-order valence-electron chi connectivity index (χ4n) is 5.73. The lowest BCUT2D eigenvalue weighted by Crippen LogP contribution is -2.55. The van der Waals surface area contributed by atoms with Crippen LogP contribution in [0.4, 0.5) is 0 Å². The number of H-pyrrole nitrogens is 1. The monoisotopic (exact) mass is 904 g/mol. The van der Waals surface area contributed by atoms with Crippen LogP contribution < -0.4 is 11.2 Å². The van der Waals surface area contributed by atoms with Gasteiger partial charge in [0.15, 0.2) is 31.2 Å². The zero-order chi connectivity index (χ0) is 42.8. The smallest absolute Gasteiger partial charge is 0.330 e. The molecule has 0 saturated carbocycles. The standard InChI is InChI=1S/C40H60Cl4N2O7Si3/c1-37(2,3)54(10,11)50-23-31-32(52-55(12,13)38(4,5)6)33(53-56(14,15)39(7,8)9)35(51-31)46-22-26(34(47)45-36(46)48)40(49,24-16-18-27(41)29(43)20-24)25-17-19-28(42)30(44)21-25/h16-22,31-33,35,49H,23H2,1-15H3,(H,45,47,48)/t31-,32-,33-,35-/m1/s1. The second-order valence-corrected chi connectivity index (χ2v) is 35.5. The highest BCUT2D eigenvalue weighted by Crippen LogP contribution is 2.47. The molecule has 2 N–H and O–H groups in total. The van der Waals surface area contributed by atoms with Gasteiger partial charge in [0, 0.05) is 6.20 Å². The van der Waals surface area contributed by atoms with E-state index in [1.807, 2.05) is 0 Å². The first kappa shape index (κ1) is 47.4. The van der Waals surface area contributed by atoms with E-state index in [1.54, 1.807) is 12.1 Å². The van der Waals surface area contributed by atoms with Crippen LogP contribution in [0.1, 0.15) is 85.2 Å². The summed E-state index contributed by atoms with van der Waals surface area (Å²) in [6, 6.07) is 9.08. The van der Waals surface area contributed by atoms with Crippen LogP contribution in [-0.2, 0) is 23.6 Å². The molecule has 4 atom stereocenters. The van der Waals surface area contributed by atoms with Crippen LogP contribution in [0, 0.1) is 0 Å². The third-order valence-electron chi connectivity index (χ3n) is 12.5. The molecular formula is C40H60Cl4N2O7Si3. The first-order chi connectivity index (χ1) is 25.2. The molecule has 1 aliphatic rings. The number of ether oxygens (including phenoxy) is 1. The minimum Gasteiger partial charge on any atom is -0.414 e. The van der Waals surface area contributed by atoms with Gasteiger partial charge < -0.3 is 23.1 Å². The van der Waals surface area contributed by atoms with Crippen LogP contribution in [0.3, 0.4) is 0 Å². The summed E-state index contributed by atoms with van der Waals surface area (Å²) in [5.74, 6) is 0. The Bertz CT molecular complexity index is 1980. The van der Waals surface area contributed by atoms with Gasteiger partial charge in [0.25, 0.3) is 5.56 Å². The molecule has 56 heavy (non-hydrogen) atoms. The number of benzene rings is 2. The lowest BCUT2D eigenvalue weighted by atomic mass is 9.81. The van der Waals surface area contributed by atoms with Gasteiger partial charge in [-0.3, -0.25) is 14.3 Å². The van der Waals surface area contributed by atoms with Gasteiger partial charge in [0.1, 0.15) is 23.9 Å². The molecule has 3 aromatic rings. The maximum atomic E-state index is 14.2. The van der Waals surface area contributed by atoms with Crippen molar-refractivity contribution in [2.24, 2.45) is 0 Å². The molecule has 0 bridgehead atoms. The quantitative estimate of drug-likeness (QED) is 0.184. The van der Waals surface area contributed by atoms with Crippen molar-refractivity contribution in [3.63, 3.8) is 0 Å². The molecule has 1 saturated heterocycles. The summed E-state index contributed by atoms with van der Waals surface area (Å²) in [7, 11) is -7.40. The number of hydrogen-bond acceptors (Lipinski definition) is 7. The normalized spacial score (nSPS) is 20.5. The zero-order valence-electron chi connectivity index (χ0n) is 35.4. The van der Waals surface area contributed by atoms with E-state index in [1.165, 1.54) is 35.0 Å². The van der Waals surface area contributed by atoms with Crippen molar-refractivity contribution < 1.29 is 23.1 Å². The van der Waals surface area contributed by atoms with Gasteiger partial charge in [-0.2, -0.15) is 0 Å². The second kappa shape index (κ2) is 16.3. The number of aromatic nitrogens is 2. The average molecular weight is 907 g/mol. The van der Waals surface area contributed by atoms with Crippen LogP contribution in [0.5, 0.6) is 0 Å². The van der Waals surface area contributed by atoms with E-state index < -0.39 is 66.3 Å². The minimum atomic E-state index is -2.60. The van der Waals surface area contributed by atoms with Crippen molar-refractivity contribution in [2.45, 2.75) is 147 Å². The summed E-state index contributed by atoms with van der Waals surface area (Å²) in [6.07, 6.45) is -1.87. The Kier molecular flexibility index (Phi) is 13.8. The van der Waals surface area contributed by atoms with Crippen LogP contribution in [-0.4, -0.2) is 64.5 Å². The van der Waals surface area contributed by atoms with Crippen molar-refractivity contribution in [1.82, 2.24) is 9.55 Å². The lowest BCUT2D eigenvalue weighted by Gasteiger charge is -2.44. The highest BCUT2D eigenvalue weighted by atomic mass is 35.5. The molecule has 1 aromatic heterocycles. The average Bonchev–Trinajstić information content (AvgIpc) is 3.35. The molecule has 0 radical (unpaired) electrons. The van der Waals surface area contributed by atoms with Crippen LogP contribution >= 0.6 is 46.4 Å². The van der Waals surface area contributed by atoms with Crippen LogP contribution in [0.15, 0.2) is 52.2 Å². The molecule has 0 aliphatic carbocycles. The predicted octanol–water partition coefficient (Wildman–Crippen LogP) is 11.1. The van der Waals surface area contributed by atoms with Gasteiger partial charge >= 0.3 is 5.69 Å². The molecular weight excluding hydrogens is 847 g/mol. The molecule has 0 spiro atoms. The van der Waals surface area contributed by atoms with Gasteiger partial charge in [-0.15, -0.1) is 0 Å². The van der Waals surface area contributed by atoms with Gasteiger partial charge in [-0.25, -0.2) is 4.79 Å². The summed E-state index contributed by atoms with van der Waals surface area (Å²) in [6.45, 7) is 32.7. The minimum absolute atomic E-state index is 0.0812. The van der Waals surface area contributed by atoms with E-state index in [9.17, 15) is 14.7 Å². The van der Waals surface area contributed by atoms with E-state index in [4.69, 9.17) is 64.4 Å². The molecule has 312 valence electrons. The summed E-state index contributed by atoms with van der Waals surface area (Å²) in [5, 5.41) is 13.2. The predicted molar refractivity (Wildman–Crippen MR) is 238 cm³/mol. The van der Waals surface area contributed by atoms with E-state index >= 15 is 0 Å². The van der Waals surface area contributed by atoms with E-state index in [-0.39, 0.29) is 58.5 Å². The third kappa shape index (κ3) is 9.52. The molecule has 9 nitrogen and oxygen atoms in total. The number of halogens is 4. The molecule has 4 rings (SSSR count). The molecule has 16 heteroatoms. The Morgan fingerprint density at radius 1 is 0.696 bits per heavy atom. The number of nitrogens with zero attached hydrogens (tertiary/aromatic N) is 1.